The number of Topliss-reactive ketones (excluding diaryl/α,β-unsaturated/α-hetero) is 1. The van der Waals surface area contributed by atoms with Gasteiger partial charge in [-0.15, -0.1) is 0 Å². The van der Waals surface area contributed by atoms with E-state index in [0.29, 0.717) is 21.5 Å². The van der Waals surface area contributed by atoms with Gasteiger partial charge in [0.15, 0.2) is 11.9 Å². The van der Waals surface area contributed by atoms with Crippen LogP contribution in [0.3, 0.4) is 0 Å². The SMILES string of the molecule is CC(=O)c1ccc(NC(=O)C(C)Oc2ccc(F)cc2Br)cc1. The molecule has 120 valence electrons. The van der Waals surface area contributed by atoms with Crippen molar-refractivity contribution in [3.8, 4) is 5.75 Å². The van der Waals surface area contributed by atoms with Crippen LogP contribution in [-0.2, 0) is 4.79 Å². The van der Waals surface area contributed by atoms with Crippen molar-refractivity contribution in [3.05, 3.63) is 58.3 Å². The van der Waals surface area contributed by atoms with Gasteiger partial charge in [-0.25, -0.2) is 4.39 Å². The average Bonchev–Trinajstić information content (AvgIpc) is 2.50. The monoisotopic (exact) mass is 379 g/mol. The van der Waals surface area contributed by atoms with Crippen LogP contribution in [0.1, 0.15) is 24.2 Å². The number of benzene rings is 2. The van der Waals surface area contributed by atoms with Gasteiger partial charge in [0.25, 0.3) is 5.91 Å². The van der Waals surface area contributed by atoms with Gasteiger partial charge in [-0.3, -0.25) is 9.59 Å². The van der Waals surface area contributed by atoms with Crippen molar-refractivity contribution in [1.29, 1.82) is 0 Å². The summed E-state index contributed by atoms with van der Waals surface area (Å²) in [5, 5.41) is 2.69. The zero-order valence-corrected chi connectivity index (χ0v) is 14.2. The fourth-order valence-corrected chi connectivity index (χ4v) is 2.29. The van der Waals surface area contributed by atoms with Crippen LogP contribution in [0.25, 0.3) is 0 Å². The third-order valence-electron chi connectivity index (χ3n) is 3.13. The Kier molecular flexibility index (Phi) is 5.50. The first-order valence-electron chi connectivity index (χ1n) is 6.90. The molecule has 0 bridgehead atoms. The van der Waals surface area contributed by atoms with Gasteiger partial charge in [0.1, 0.15) is 11.6 Å². The molecule has 2 aromatic carbocycles. The number of anilines is 1. The lowest BCUT2D eigenvalue weighted by atomic mass is 10.1. The molecule has 4 nitrogen and oxygen atoms in total. The van der Waals surface area contributed by atoms with Gasteiger partial charge in [0.05, 0.1) is 4.47 Å². The first-order valence-corrected chi connectivity index (χ1v) is 7.69. The first kappa shape index (κ1) is 17.1. The van der Waals surface area contributed by atoms with Crippen LogP contribution in [0.15, 0.2) is 46.9 Å². The maximum Gasteiger partial charge on any atom is 0.265 e. The first-order chi connectivity index (χ1) is 10.9. The second-order valence-corrected chi connectivity index (χ2v) is 5.81. The van der Waals surface area contributed by atoms with E-state index < -0.39 is 11.9 Å². The molecule has 1 N–H and O–H groups in total. The molecule has 0 heterocycles. The van der Waals surface area contributed by atoms with Crippen LogP contribution in [0.4, 0.5) is 10.1 Å². The largest absolute Gasteiger partial charge is 0.480 e. The molecule has 0 saturated carbocycles. The Hall–Kier alpha value is -2.21. The molecular formula is C17H15BrFNO3. The number of amides is 1. The van der Waals surface area contributed by atoms with E-state index in [4.69, 9.17) is 4.74 Å². The highest BCUT2D eigenvalue weighted by atomic mass is 79.9. The van der Waals surface area contributed by atoms with Crippen LogP contribution >= 0.6 is 15.9 Å². The molecule has 23 heavy (non-hydrogen) atoms. The number of carbonyl (C=O) groups is 2. The van der Waals surface area contributed by atoms with Crippen LogP contribution in [0, 0.1) is 5.82 Å². The Morgan fingerprint density at radius 3 is 2.39 bits per heavy atom. The molecule has 0 saturated heterocycles. The summed E-state index contributed by atoms with van der Waals surface area (Å²) in [6.45, 7) is 3.07. The van der Waals surface area contributed by atoms with Crippen LogP contribution in [0.2, 0.25) is 0 Å². The number of halogens is 2. The Balaban J connectivity index is 2.00. The summed E-state index contributed by atoms with van der Waals surface area (Å²) in [5.41, 5.74) is 1.14. The summed E-state index contributed by atoms with van der Waals surface area (Å²) in [6, 6.07) is 10.5. The summed E-state index contributed by atoms with van der Waals surface area (Å²) in [4.78, 5) is 23.3. The lowest BCUT2D eigenvalue weighted by Crippen LogP contribution is -2.30. The van der Waals surface area contributed by atoms with Crippen LogP contribution in [0.5, 0.6) is 5.75 Å². The molecule has 0 radical (unpaired) electrons. The molecule has 2 rings (SSSR count). The van der Waals surface area contributed by atoms with Crippen molar-refractivity contribution in [1.82, 2.24) is 0 Å². The Bertz CT molecular complexity index is 731. The highest BCUT2D eigenvalue weighted by molar-refractivity contribution is 9.10. The number of nitrogens with one attached hydrogen (secondary N) is 1. The maximum absolute atomic E-state index is 13.0. The van der Waals surface area contributed by atoms with Crippen molar-refractivity contribution < 1.29 is 18.7 Å². The third-order valence-corrected chi connectivity index (χ3v) is 3.75. The summed E-state index contributed by atoms with van der Waals surface area (Å²) in [5.74, 6) is -0.412. The number of carbonyl (C=O) groups excluding carboxylic acids is 2. The van der Waals surface area contributed by atoms with Crippen molar-refractivity contribution in [2.75, 3.05) is 5.32 Å². The number of ketones is 1. The van der Waals surface area contributed by atoms with Gasteiger partial charge in [0, 0.05) is 11.3 Å². The third kappa shape index (κ3) is 4.63. The molecule has 1 amide bonds. The van der Waals surface area contributed by atoms with E-state index in [1.165, 1.54) is 25.1 Å². The molecular weight excluding hydrogens is 365 g/mol. The molecule has 1 unspecified atom stereocenters. The van der Waals surface area contributed by atoms with Gasteiger partial charge in [-0.05, 0) is 72.2 Å². The van der Waals surface area contributed by atoms with E-state index in [2.05, 4.69) is 21.2 Å². The molecule has 0 aromatic heterocycles. The van der Waals surface area contributed by atoms with E-state index in [0.717, 1.165) is 0 Å². The number of rotatable bonds is 5. The van der Waals surface area contributed by atoms with E-state index in [1.54, 1.807) is 31.2 Å². The number of hydrogen-bond donors (Lipinski definition) is 1. The van der Waals surface area contributed by atoms with E-state index >= 15 is 0 Å². The lowest BCUT2D eigenvalue weighted by Gasteiger charge is -2.16. The van der Waals surface area contributed by atoms with Gasteiger partial charge in [-0.2, -0.15) is 0 Å². The van der Waals surface area contributed by atoms with Crippen LogP contribution in [-0.4, -0.2) is 17.8 Å². The summed E-state index contributed by atoms with van der Waals surface area (Å²) < 4.78 is 19.0. The Morgan fingerprint density at radius 1 is 1.17 bits per heavy atom. The van der Waals surface area contributed by atoms with Crippen molar-refractivity contribution in [3.63, 3.8) is 0 Å². The Labute approximate surface area is 141 Å². The fraction of sp³-hybridized carbons (Fsp3) is 0.176. The van der Waals surface area contributed by atoms with E-state index in [9.17, 15) is 14.0 Å². The maximum atomic E-state index is 13.0. The molecule has 0 spiro atoms. The average molecular weight is 380 g/mol. The predicted molar refractivity (Wildman–Crippen MR) is 89.3 cm³/mol. The van der Waals surface area contributed by atoms with Gasteiger partial charge in [-0.1, -0.05) is 0 Å². The zero-order chi connectivity index (χ0) is 17.0. The molecule has 0 aliphatic heterocycles. The van der Waals surface area contributed by atoms with Gasteiger partial charge < -0.3 is 10.1 Å². The standard InChI is InChI=1S/C17H15BrFNO3/c1-10(21)12-3-6-14(7-4-12)20-17(22)11(2)23-16-8-5-13(19)9-15(16)18/h3-9,11H,1-2H3,(H,20,22). The van der Waals surface area contributed by atoms with Gasteiger partial charge >= 0.3 is 0 Å². The minimum atomic E-state index is -0.774. The van der Waals surface area contributed by atoms with E-state index in [-0.39, 0.29) is 11.7 Å². The number of hydrogen-bond acceptors (Lipinski definition) is 3. The molecule has 0 fully saturated rings. The zero-order valence-electron chi connectivity index (χ0n) is 12.6. The second-order valence-electron chi connectivity index (χ2n) is 4.96. The molecule has 1 atom stereocenters. The molecule has 0 aliphatic carbocycles. The van der Waals surface area contributed by atoms with Crippen molar-refractivity contribution in [2.24, 2.45) is 0 Å². The normalized spacial score (nSPS) is 11.7. The molecule has 0 aliphatic rings. The smallest absolute Gasteiger partial charge is 0.265 e. The highest BCUT2D eigenvalue weighted by Crippen LogP contribution is 2.26. The van der Waals surface area contributed by atoms with Gasteiger partial charge in [0.2, 0.25) is 0 Å². The summed E-state index contributed by atoms with van der Waals surface area (Å²) in [7, 11) is 0. The minimum Gasteiger partial charge on any atom is -0.480 e. The summed E-state index contributed by atoms with van der Waals surface area (Å²) >= 11 is 3.18. The lowest BCUT2D eigenvalue weighted by molar-refractivity contribution is -0.122. The quantitative estimate of drug-likeness (QED) is 0.792. The van der Waals surface area contributed by atoms with E-state index in [1.807, 2.05) is 0 Å². The van der Waals surface area contributed by atoms with Crippen LogP contribution < -0.4 is 10.1 Å². The second kappa shape index (κ2) is 7.37. The van der Waals surface area contributed by atoms with Crippen molar-refractivity contribution in [2.45, 2.75) is 20.0 Å². The minimum absolute atomic E-state index is 0.0410. The molecule has 2 aromatic rings. The fourth-order valence-electron chi connectivity index (χ4n) is 1.85. The Morgan fingerprint density at radius 2 is 1.83 bits per heavy atom. The topological polar surface area (TPSA) is 55.4 Å². The summed E-state index contributed by atoms with van der Waals surface area (Å²) in [6.07, 6.45) is -0.774. The van der Waals surface area contributed by atoms with Crippen molar-refractivity contribution >= 4 is 33.3 Å². The number of ether oxygens (including phenoxy) is 1. The predicted octanol–water partition coefficient (Wildman–Crippen LogP) is 4.20. The molecule has 6 heteroatoms. The highest BCUT2D eigenvalue weighted by Gasteiger charge is 2.16.